The van der Waals surface area contributed by atoms with Crippen molar-refractivity contribution in [3.8, 4) is 5.75 Å². The van der Waals surface area contributed by atoms with E-state index in [1.165, 1.54) is 5.56 Å². The van der Waals surface area contributed by atoms with Gasteiger partial charge in [-0.3, -0.25) is 4.90 Å². The molecule has 0 spiro atoms. The monoisotopic (exact) mass is 302 g/mol. The molecule has 1 aliphatic rings. The summed E-state index contributed by atoms with van der Waals surface area (Å²) in [5, 5.41) is 3.80. The van der Waals surface area contributed by atoms with E-state index in [1.807, 2.05) is 12.1 Å². The Hall–Kier alpha value is -1.92. The van der Waals surface area contributed by atoms with E-state index in [0.717, 1.165) is 25.4 Å². The van der Waals surface area contributed by atoms with Crippen molar-refractivity contribution in [2.45, 2.75) is 33.0 Å². The fourth-order valence-electron chi connectivity index (χ4n) is 2.72. The Kier molecular flexibility index (Phi) is 4.40. The molecular formula is C16H22N4O2. The third-order valence-electron chi connectivity index (χ3n) is 4.01. The normalized spacial score (nSPS) is 22.1. The van der Waals surface area contributed by atoms with Gasteiger partial charge in [-0.2, -0.15) is 4.98 Å². The molecule has 2 unspecified atom stereocenters. The van der Waals surface area contributed by atoms with Crippen LogP contribution in [0.3, 0.4) is 0 Å². The maximum absolute atomic E-state index is 6.06. The minimum Gasteiger partial charge on any atom is -0.485 e. The maximum atomic E-state index is 6.06. The van der Waals surface area contributed by atoms with Crippen molar-refractivity contribution in [1.29, 1.82) is 0 Å². The molecule has 6 nitrogen and oxygen atoms in total. The van der Waals surface area contributed by atoms with Crippen LogP contribution in [0.2, 0.25) is 0 Å². The fraction of sp³-hybridized carbons (Fsp3) is 0.500. The maximum Gasteiger partial charge on any atom is 0.223 e. The van der Waals surface area contributed by atoms with E-state index in [2.05, 4.69) is 34.1 Å². The molecular weight excluding hydrogens is 280 g/mol. The van der Waals surface area contributed by atoms with Gasteiger partial charge in [-0.1, -0.05) is 24.2 Å². The molecule has 2 atom stereocenters. The fourth-order valence-corrected chi connectivity index (χ4v) is 2.72. The SMILES string of the molecule is Cc1nc(COc2ccc(CN3CC(C)C(N)C3)cc2)no1. The first kappa shape index (κ1) is 15.0. The molecule has 0 aliphatic carbocycles. The van der Waals surface area contributed by atoms with E-state index >= 15 is 0 Å². The first-order valence-corrected chi connectivity index (χ1v) is 7.59. The number of hydrogen-bond acceptors (Lipinski definition) is 6. The van der Waals surface area contributed by atoms with Gasteiger partial charge >= 0.3 is 0 Å². The average molecular weight is 302 g/mol. The number of ether oxygens (including phenoxy) is 1. The summed E-state index contributed by atoms with van der Waals surface area (Å²) >= 11 is 0. The zero-order chi connectivity index (χ0) is 15.5. The minimum atomic E-state index is 0.293. The molecule has 2 heterocycles. The summed E-state index contributed by atoms with van der Waals surface area (Å²) in [4.78, 5) is 6.50. The van der Waals surface area contributed by atoms with E-state index in [4.69, 9.17) is 15.0 Å². The molecule has 3 rings (SSSR count). The van der Waals surface area contributed by atoms with E-state index in [1.54, 1.807) is 6.92 Å². The smallest absolute Gasteiger partial charge is 0.223 e. The van der Waals surface area contributed by atoms with Gasteiger partial charge in [-0.05, 0) is 23.6 Å². The Morgan fingerprint density at radius 2 is 2.09 bits per heavy atom. The highest BCUT2D eigenvalue weighted by atomic mass is 16.5. The van der Waals surface area contributed by atoms with Crippen LogP contribution >= 0.6 is 0 Å². The average Bonchev–Trinajstić information content (AvgIpc) is 3.04. The number of nitrogens with zero attached hydrogens (tertiary/aromatic N) is 3. The number of rotatable bonds is 5. The number of likely N-dealkylation sites (tertiary alicyclic amines) is 1. The molecule has 1 aromatic carbocycles. The topological polar surface area (TPSA) is 77.4 Å². The van der Waals surface area contributed by atoms with Gasteiger partial charge in [-0.25, -0.2) is 0 Å². The Balaban J connectivity index is 1.52. The molecule has 0 radical (unpaired) electrons. The van der Waals surface area contributed by atoms with Crippen LogP contribution in [-0.4, -0.2) is 34.2 Å². The van der Waals surface area contributed by atoms with Crippen molar-refractivity contribution < 1.29 is 9.26 Å². The molecule has 1 fully saturated rings. The van der Waals surface area contributed by atoms with Gasteiger partial charge < -0.3 is 15.0 Å². The lowest BCUT2D eigenvalue weighted by atomic mass is 10.1. The summed E-state index contributed by atoms with van der Waals surface area (Å²) in [5.41, 5.74) is 7.33. The van der Waals surface area contributed by atoms with Crippen LogP contribution in [0.4, 0.5) is 0 Å². The van der Waals surface area contributed by atoms with Gasteiger partial charge in [-0.15, -0.1) is 0 Å². The molecule has 1 aliphatic heterocycles. The zero-order valence-corrected chi connectivity index (χ0v) is 13.0. The first-order valence-electron chi connectivity index (χ1n) is 7.59. The second-order valence-corrected chi connectivity index (χ2v) is 6.00. The first-order chi connectivity index (χ1) is 10.6. The molecule has 2 N–H and O–H groups in total. The van der Waals surface area contributed by atoms with Gasteiger partial charge in [0.2, 0.25) is 11.7 Å². The van der Waals surface area contributed by atoms with Crippen molar-refractivity contribution in [2.75, 3.05) is 13.1 Å². The molecule has 6 heteroatoms. The van der Waals surface area contributed by atoms with E-state index in [9.17, 15) is 0 Å². The number of nitrogens with two attached hydrogens (primary N) is 1. The van der Waals surface area contributed by atoms with Crippen molar-refractivity contribution in [1.82, 2.24) is 15.0 Å². The van der Waals surface area contributed by atoms with Crippen molar-refractivity contribution in [3.63, 3.8) is 0 Å². The Morgan fingerprint density at radius 1 is 1.32 bits per heavy atom. The van der Waals surface area contributed by atoms with Gasteiger partial charge in [0.05, 0.1) is 0 Å². The van der Waals surface area contributed by atoms with Crippen molar-refractivity contribution in [2.24, 2.45) is 11.7 Å². The zero-order valence-electron chi connectivity index (χ0n) is 13.0. The molecule has 1 saturated heterocycles. The number of hydrogen-bond donors (Lipinski definition) is 1. The second kappa shape index (κ2) is 6.46. The standard InChI is InChI=1S/C16H22N4O2/c1-11-7-20(9-15(11)17)8-13-3-5-14(6-4-13)21-10-16-18-12(2)22-19-16/h3-6,11,15H,7-10,17H2,1-2H3. The molecule has 1 aromatic heterocycles. The lowest BCUT2D eigenvalue weighted by Gasteiger charge is -2.15. The predicted molar refractivity (Wildman–Crippen MR) is 82.2 cm³/mol. The number of aryl methyl sites for hydroxylation is 1. The minimum absolute atomic E-state index is 0.293. The summed E-state index contributed by atoms with van der Waals surface area (Å²) in [7, 11) is 0. The predicted octanol–water partition coefficient (Wildman–Crippen LogP) is 1.74. The summed E-state index contributed by atoms with van der Waals surface area (Å²) in [6.45, 7) is 7.25. The van der Waals surface area contributed by atoms with Crippen LogP contribution in [0, 0.1) is 12.8 Å². The molecule has 0 amide bonds. The van der Waals surface area contributed by atoms with Gasteiger partial charge in [0, 0.05) is 32.6 Å². The molecule has 2 aromatic rings. The second-order valence-electron chi connectivity index (χ2n) is 6.00. The summed E-state index contributed by atoms with van der Waals surface area (Å²) in [6, 6.07) is 8.42. The van der Waals surface area contributed by atoms with E-state index in [-0.39, 0.29) is 0 Å². The number of benzene rings is 1. The lowest BCUT2D eigenvalue weighted by Crippen LogP contribution is -2.28. The lowest BCUT2D eigenvalue weighted by molar-refractivity contribution is 0.285. The summed E-state index contributed by atoms with van der Waals surface area (Å²) in [5.74, 6) is 2.48. The van der Waals surface area contributed by atoms with Crippen LogP contribution in [0.25, 0.3) is 0 Å². The van der Waals surface area contributed by atoms with Gasteiger partial charge in [0.25, 0.3) is 0 Å². The number of aromatic nitrogens is 2. The Bertz CT molecular complexity index is 601. The van der Waals surface area contributed by atoms with Crippen LogP contribution in [0.15, 0.2) is 28.8 Å². The van der Waals surface area contributed by atoms with E-state index in [0.29, 0.717) is 30.3 Å². The highest BCUT2D eigenvalue weighted by Crippen LogP contribution is 2.19. The van der Waals surface area contributed by atoms with Crippen molar-refractivity contribution in [3.05, 3.63) is 41.5 Å². The Morgan fingerprint density at radius 3 is 2.68 bits per heavy atom. The molecule has 118 valence electrons. The van der Waals surface area contributed by atoms with E-state index < -0.39 is 0 Å². The highest BCUT2D eigenvalue weighted by Gasteiger charge is 2.26. The van der Waals surface area contributed by atoms with Gasteiger partial charge in [0.1, 0.15) is 5.75 Å². The molecule has 22 heavy (non-hydrogen) atoms. The summed E-state index contributed by atoms with van der Waals surface area (Å²) in [6.07, 6.45) is 0. The quantitative estimate of drug-likeness (QED) is 0.906. The molecule has 0 saturated carbocycles. The van der Waals surface area contributed by atoms with Crippen LogP contribution in [0.5, 0.6) is 5.75 Å². The highest BCUT2D eigenvalue weighted by molar-refractivity contribution is 5.27. The third-order valence-corrected chi connectivity index (χ3v) is 4.01. The third kappa shape index (κ3) is 3.64. The van der Waals surface area contributed by atoms with Crippen LogP contribution < -0.4 is 10.5 Å². The van der Waals surface area contributed by atoms with Crippen LogP contribution in [0.1, 0.15) is 24.2 Å². The summed E-state index contributed by atoms with van der Waals surface area (Å²) < 4.78 is 10.6. The Labute approximate surface area is 130 Å². The van der Waals surface area contributed by atoms with Gasteiger partial charge in [0.15, 0.2) is 6.61 Å². The molecule has 0 bridgehead atoms. The largest absolute Gasteiger partial charge is 0.485 e. The van der Waals surface area contributed by atoms with Crippen LogP contribution in [-0.2, 0) is 13.2 Å². The van der Waals surface area contributed by atoms with Crippen molar-refractivity contribution >= 4 is 0 Å².